The second kappa shape index (κ2) is 7.94. The summed E-state index contributed by atoms with van der Waals surface area (Å²) in [5.74, 6) is 0. The van der Waals surface area contributed by atoms with Crippen molar-refractivity contribution in [3.05, 3.63) is 71.1 Å². The van der Waals surface area contributed by atoms with E-state index in [2.05, 4.69) is 0 Å². The fourth-order valence-corrected chi connectivity index (χ4v) is 4.64. The average molecular weight is 444 g/mol. The Labute approximate surface area is 182 Å². The van der Waals surface area contributed by atoms with Gasteiger partial charge in [0.2, 0.25) is 0 Å². The Bertz CT molecular complexity index is 1230. The Morgan fingerprint density at radius 3 is 2.65 bits per heavy atom. The Kier molecular flexibility index (Phi) is 5.26. The molecule has 1 aliphatic heterocycles. The van der Waals surface area contributed by atoms with Gasteiger partial charge in [0.15, 0.2) is 6.23 Å². The normalized spacial score (nSPS) is 26.7. The summed E-state index contributed by atoms with van der Waals surface area (Å²) >= 11 is 6.54. The lowest BCUT2D eigenvalue weighted by Crippen LogP contribution is -2.56. The number of aromatic nitrogens is 1. The molecule has 2 aromatic heterocycles. The van der Waals surface area contributed by atoms with Gasteiger partial charge in [-0.2, -0.15) is 0 Å². The smallest absolute Gasteiger partial charge is 0.163 e. The van der Waals surface area contributed by atoms with Gasteiger partial charge >= 0.3 is 0 Å². The lowest BCUT2D eigenvalue weighted by Gasteiger charge is -2.40. The molecule has 1 fully saturated rings. The van der Waals surface area contributed by atoms with Crippen LogP contribution in [0.1, 0.15) is 17.4 Å². The van der Waals surface area contributed by atoms with Gasteiger partial charge in [0.1, 0.15) is 30.0 Å². The highest BCUT2D eigenvalue weighted by Gasteiger charge is 2.44. The van der Waals surface area contributed by atoms with Crippen LogP contribution in [-0.2, 0) is 11.2 Å². The summed E-state index contributed by atoms with van der Waals surface area (Å²) in [6.45, 7) is -0.487. The van der Waals surface area contributed by atoms with E-state index in [0.29, 0.717) is 11.4 Å². The maximum atomic E-state index is 10.6. The van der Waals surface area contributed by atoms with Gasteiger partial charge < -0.3 is 34.1 Å². The molecule has 5 atom stereocenters. The number of hydrogen-bond donors (Lipinski definition) is 4. The number of rotatable bonds is 4. The number of fused-ring (bicyclic) bond motifs is 2. The number of aliphatic hydroxyl groups is 4. The largest absolute Gasteiger partial charge is 0.464 e. The first-order valence-corrected chi connectivity index (χ1v) is 10.4. The van der Waals surface area contributed by atoms with Gasteiger partial charge in [-0.15, -0.1) is 0 Å². The molecule has 1 aliphatic rings. The summed E-state index contributed by atoms with van der Waals surface area (Å²) in [4.78, 5) is 0. The van der Waals surface area contributed by atoms with Gasteiger partial charge in [0.25, 0.3) is 0 Å². The molecule has 0 unspecified atom stereocenters. The highest BCUT2D eigenvalue weighted by Crippen LogP contribution is 2.36. The van der Waals surface area contributed by atoms with Gasteiger partial charge in [-0.25, -0.2) is 0 Å². The zero-order chi connectivity index (χ0) is 21.7. The van der Waals surface area contributed by atoms with Crippen LogP contribution in [0.15, 0.2) is 59.3 Å². The molecule has 7 nitrogen and oxygen atoms in total. The number of aliphatic hydroxyl groups excluding tert-OH is 4. The highest BCUT2D eigenvalue weighted by molar-refractivity contribution is 6.35. The van der Waals surface area contributed by atoms with E-state index in [4.69, 9.17) is 20.8 Å². The van der Waals surface area contributed by atoms with E-state index in [-0.39, 0.29) is 0 Å². The predicted octanol–water partition coefficient (Wildman–Crippen LogP) is 2.60. The lowest BCUT2D eigenvalue weighted by atomic mass is 9.98. The van der Waals surface area contributed by atoms with Gasteiger partial charge in [-0.1, -0.05) is 23.7 Å². The van der Waals surface area contributed by atoms with Crippen molar-refractivity contribution >= 4 is 33.5 Å². The van der Waals surface area contributed by atoms with Crippen LogP contribution in [0.4, 0.5) is 0 Å². The summed E-state index contributed by atoms with van der Waals surface area (Å²) in [6, 6.07) is 13.3. The molecule has 5 rings (SSSR count). The molecular weight excluding hydrogens is 422 g/mol. The second-order valence-corrected chi connectivity index (χ2v) is 8.29. The van der Waals surface area contributed by atoms with Crippen molar-refractivity contribution in [2.24, 2.45) is 0 Å². The first kappa shape index (κ1) is 20.5. The number of ether oxygens (including phenoxy) is 1. The Morgan fingerprint density at radius 1 is 1.00 bits per heavy atom. The first-order chi connectivity index (χ1) is 15.0. The Hall–Kier alpha value is -2.39. The van der Waals surface area contributed by atoms with Crippen molar-refractivity contribution in [2.45, 2.75) is 37.1 Å². The summed E-state index contributed by atoms with van der Waals surface area (Å²) in [7, 11) is 0. The fourth-order valence-electron chi connectivity index (χ4n) is 4.35. The van der Waals surface area contributed by atoms with Crippen LogP contribution < -0.4 is 0 Å². The number of halogens is 1. The van der Waals surface area contributed by atoms with E-state index in [9.17, 15) is 20.4 Å². The molecule has 4 N–H and O–H groups in total. The van der Waals surface area contributed by atoms with E-state index < -0.39 is 37.3 Å². The number of furan rings is 1. The zero-order valence-electron chi connectivity index (χ0n) is 16.4. The topological polar surface area (TPSA) is 108 Å². The molecule has 2 aromatic carbocycles. The lowest BCUT2D eigenvalue weighted by molar-refractivity contribution is -0.250. The maximum Gasteiger partial charge on any atom is 0.163 e. The number of nitrogens with zero attached hydrogens (tertiary/aromatic N) is 1. The van der Waals surface area contributed by atoms with Gasteiger partial charge in [-0.3, -0.25) is 0 Å². The van der Waals surface area contributed by atoms with Crippen molar-refractivity contribution in [1.82, 2.24) is 4.57 Å². The quantitative estimate of drug-likeness (QED) is 0.386. The van der Waals surface area contributed by atoms with Crippen LogP contribution in [-0.4, -0.2) is 56.0 Å². The van der Waals surface area contributed by atoms with E-state index in [0.717, 1.165) is 33.0 Å². The third kappa shape index (κ3) is 3.43. The minimum Gasteiger partial charge on any atom is -0.464 e. The predicted molar refractivity (Wildman–Crippen MR) is 115 cm³/mol. The Morgan fingerprint density at radius 2 is 1.84 bits per heavy atom. The summed E-state index contributed by atoms with van der Waals surface area (Å²) in [5.41, 5.74) is 3.50. The second-order valence-electron chi connectivity index (χ2n) is 7.88. The minimum absolute atomic E-state index is 0.487. The molecule has 0 saturated carbocycles. The van der Waals surface area contributed by atoms with Crippen LogP contribution in [0.3, 0.4) is 0 Å². The molecule has 0 spiro atoms. The molecule has 0 bridgehead atoms. The summed E-state index contributed by atoms with van der Waals surface area (Å²) < 4.78 is 12.9. The van der Waals surface area contributed by atoms with Crippen molar-refractivity contribution in [3.63, 3.8) is 0 Å². The van der Waals surface area contributed by atoms with Crippen molar-refractivity contribution in [1.29, 1.82) is 0 Å². The molecule has 8 heteroatoms. The SMILES string of the molecule is OC[C@H]1O[C@@H](n2cc(Cc3ccc4occc4c3)c3c(Cl)cccc32)[C@H](O)[C@@H](O)[C@@H]1O. The highest BCUT2D eigenvalue weighted by atomic mass is 35.5. The maximum absolute atomic E-state index is 10.6. The fraction of sp³-hybridized carbons (Fsp3) is 0.304. The zero-order valence-corrected chi connectivity index (χ0v) is 17.2. The molecular formula is C23H22ClNO6. The van der Waals surface area contributed by atoms with Crippen LogP contribution in [0, 0.1) is 0 Å². The first-order valence-electron chi connectivity index (χ1n) is 10.0. The van der Waals surface area contributed by atoms with Crippen LogP contribution in [0.25, 0.3) is 21.9 Å². The van der Waals surface area contributed by atoms with E-state index in [1.54, 1.807) is 23.0 Å². The standard InChI is InChI=1S/C23H22ClNO6/c24-15-2-1-3-16-19(15)14(9-12-4-5-17-13(8-12)6-7-30-17)10-25(16)23-22(29)21(28)20(27)18(11-26)31-23/h1-8,10,18,20-23,26-29H,9,11H2/t18-,20-,21+,22-,23-/m1/s1. The molecule has 3 heterocycles. The Balaban J connectivity index is 1.59. The van der Waals surface area contributed by atoms with E-state index in [1.165, 1.54) is 0 Å². The molecule has 0 amide bonds. The summed E-state index contributed by atoms with van der Waals surface area (Å²) in [5, 5.41) is 42.9. The molecule has 0 radical (unpaired) electrons. The van der Waals surface area contributed by atoms with Crippen LogP contribution >= 0.6 is 11.6 Å². The molecule has 4 aromatic rings. The molecule has 162 valence electrons. The van der Waals surface area contributed by atoms with Gasteiger partial charge in [0, 0.05) is 17.0 Å². The van der Waals surface area contributed by atoms with Gasteiger partial charge in [-0.05, 0) is 47.9 Å². The third-order valence-corrected chi connectivity index (χ3v) is 6.25. The van der Waals surface area contributed by atoms with Crippen molar-refractivity contribution in [2.75, 3.05) is 6.61 Å². The molecule has 31 heavy (non-hydrogen) atoms. The third-order valence-electron chi connectivity index (χ3n) is 5.94. The number of benzene rings is 2. The van der Waals surface area contributed by atoms with Crippen molar-refractivity contribution < 1.29 is 29.6 Å². The molecule has 1 saturated heterocycles. The van der Waals surface area contributed by atoms with Crippen LogP contribution in [0.5, 0.6) is 0 Å². The minimum atomic E-state index is -1.46. The van der Waals surface area contributed by atoms with Crippen LogP contribution in [0.2, 0.25) is 5.02 Å². The molecule has 0 aliphatic carbocycles. The van der Waals surface area contributed by atoms with Crippen molar-refractivity contribution in [3.8, 4) is 0 Å². The average Bonchev–Trinajstić information content (AvgIpc) is 3.38. The monoisotopic (exact) mass is 443 g/mol. The summed E-state index contributed by atoms with van der Waals surface area (Å²) in [6.07, 6.45) is -2.19. The van der Waals surface area contributed by atoms with Gasteiger partial charge in [0.05, 0.1) is 23.4 Å². The van der Waals surface area contributed by atoms with E-state index in [1.807, 2.05) is 36.5 Å². The number of hydrogen-bond acceptors (Lipinski definition) is 6. The van der Waals surface area contributed by atoms with E-state index >= 15 is 0 Å².